The Hall–Kier alpha value is -0.550. The number of carboxylic acids is 1. The molecule has 0 amide bonds. The highest BCUT2D eigenvalue weighted by atomic mass is 32.2. The minimum Gasteiger partial charge on any atom is -0.481 e. The topological polar surface area (TPSA) is 50.2 Å². The van der Waals surface area contributed by atoms with Crippen molar-refractivity contribution in [1.82, 2.24) is 4.98 Å². The van der Waals surface area contributed by atoms with Gasteiger partial charge in [-0.05, 0) is 25.2 Å². The Kier molecular flexibility index (Phi) is 3.31. The maximum Gasteiger partial charge on any atom is 0.313 e. The quantitative estimate of drug-likeness (QED) is 0.829. The van der Waals surface area contributed by atoms with Gasteiger partial charge in [0.2, 0.25) is 0 Å². The van der Waals surface area contributed by atoms with Crippen molar-refractivity contribution in [1.29, 1.82) is 0 Å². The van der Waals surface area contributed by atoms with Gasteiger partial charge in [-0.2, -0.15) is 0 Å². The third kappa shape index (κ3) is 2.52. The molecule has 0 saturated heterocycles. The van der Waals surface area contributed by atoms with E-state index in [4.69, 9.17) is 5.11 Å². The summed E-state index contributed by atoms with van der Waals surface area (Å²) in [5.74, 6) is -0.119. The summed E-state index contributed by atoms with van der Waals surface area (Å²) in [6.45, 7) is 2.20. The maximum atomic E-state index is 10.4. The predicted molar refractivity (Wildman–Crippen MR) is 61.8 cm³/mol. The molecule has 2 rings (SSSR count). The number of hydrogen-bond donors (Lipinski definition) is 1. The van der Waals surface area contributed by atoms with Crippen LogP contribution in [0.5, 0.6) is 0 Å². The molecule has 1 aromatic heterocycles. The summed E-state index contributed by atoms with van der Waals surface area (Å²) >= 11 is 3.00. The smallest absolute Gasteiger partial charge is 0.313 e. The highest BCUT2D eigenvalue weighted by Crippen LogP contribution is 2.37. The molecule has 0 aromatic carbocycles. The molecule has 3 nitrogen and oxygen atoms in total. The van der Waals surface area contributed by atoms with Crippen LogP contribution in [0.3, 0.4) is 0 Å². The molecule has 0 saturated carbocycles. The van der Waals surface area contributed by atoms with E-state index in [1.54, 1.807) is 11.3 Å². The molecule has 1 N–H and O–H groups in total. The number of nitrogens with zero attached hydrogens (tertiary/aromatic N) is 1. The third-order valence-electron chi connectivity index (χ3n) is 2.53. The Morgan fingerprint density at radius 3 is 3.20 bits per heavy atom. The zero-order valence-electron chi connectivity index (χ0n) is 8.52. The summed E-state index contributed by atoms with van der Waals surface area (Å²) < 4.78 is 0.913. The standard InChI is InChI=1S/C10H13NO2S2/c1-6-3-2-4-7-9(6)11-10(15-7)14-5-8(12)13/h6H,2-5H2,1H3,(H,12,13). The summed E-state index contributed by atoms with van der Waals surface area (Å²) in [6, 6.07) is 0. The fourth-order valence-corrected chi connectivity index (χ4v) is 3.87. The zero-order chi connectivity index (χ0) is 10.8. The first-order chi connectivity index (χ1) is 7.16. The molecular weight excluding hydrogens is 230 g/mol. The van der Waals surface area contributed by atoms with E-state index in [1.165, 1.54) is 35.2 Å². The Balaban J connectivity index is 2.11. The number of fused-ring (bicyclic) bond motifs is 1. The summed E-state index contributed by atoms with van der Waals surface area (Å²) in [4.78, 5) is 16.3. The van der Waals surface area contributed by atoms with Crippen molar-refractivity contribution in [2.75, 3.05) is 5.75 Å². The van der Waals surface area contributed by atoms with Gasteiger partial charge < -0.3 is 5.11 Å². The largest absolute Gasteiger partial charge is 0.481 e. The number of hydrogen-bond acceptors (Lipinski definition) is 4. The molecule has 82 valence electrons. The van der Waals surface area contributed by atoms with Crippen molar-refractivity contribution in [3.63, 3.8) is 0 Å². The Bertz CT molecular complexity index is 375. The molecular formula is C10H13NO2S2. The highest BCUT2D eigenvalue weighted by Gasteiger charge is 2.21. The molecule has 1 aliphatic rings. The van der Waals surface area contributed by atoms with Crippen LogP contribution in [0.4, 0.5) is 0 Å². The lowest BCUT2D eigenvalue weighted by atomic mass is 9.93. The van der Waals surface area contributed by atoms with E-state index >= 15 is 0 Å². The first-order valence-electron chi connectivity index (χ1n) is 5.01. The number of carbonyl (C=O) groups is 1. The summed E-state index contributed by atoms with van der Waals surface area (Å²) in [6.07, 6.45) is 3.56. The van der Waals surface area contributed by atoms with Gasteiger partial charge >= 0.3 is 5.97 Å². The van der Waals surface area contributed by atoms with E-state index < -0.39 is 5.97 Å². The van der Waals surface area contributed by atoms with Crippen molar-refractivity contribution in [3.8, 4) is 0 Å². The average molecular weight is 243 g/mol. The summed E-state index contributed by atoms with van der Waals surface area (Å²) in [5.41, 5.74) is 1.21. The van der Waals surface area contributed by atoms with Crippen molar-refractivity contribution < 1.29 is 9.90 Å². The molecule has 1 unspecified atom stereocenters. The highest BCUT2D eigenvalue weighted by molar-refractivity contribution is 8.01. The molecule has 1 aromatic rings. The van der Waals surface area contributed by atoms with Crippen LogP contribution in [0.25, 0.3) is 0 Å². The second-order valence-electron chi connectivity index (χ2n) is 3.76. The Labute approximate surface area is 96.9 Å². The molecule has 1 aliphatic carbocycles. The molecule has 15 heavy (non-hydrogen) atoms. The van der Waals surface area contributed by atoms with Crippen LogP contribution in [-0.2, 0) is 11.2 Å². The number of thioether (sulfide) groups is 1. The van der Waals surface area contributed by atoms with Gasteiger partial charge in [0.15, 0.2) is 4.34 Å². The first kappa shape index (κ1) is 11.0. The van der Waals surface area contributed by atoms with Gasteiger partial charge in [-0.15, -0.1) is 11.3 Å². The zero-order valence-corrected chi connectivity index (χ0v) is 10.2. The number of aryl methyl sites for hydroxylation is 1. The normalized spacial score (nSPS) is 19.9. The van der Waals surface area contributed by atoms with Crippen molar-refractivity contribution in [2.24, 2.45) is 0 Å². The van der Waals surface area contributed by atoms with Gasteiger partial charge in [0.1, 0.15) is 0 Å². The third-order valence-corrected chi connectivity index (χ3v) is 4.79. The molecule has 0 fully saturated rings. The van der Waals surface area contributed by atoms with Gasteiger partial charge in [0.25, 0.3) is 0 Å². The second-order valence-corrected chi connectivity index (χ2v) is 6.07. The van der Waals surface area contributed by atoms with Gasteiger partial charge in [-0.25, -0.2) is 4.98 Å². The molecule has 5 heteroatoms. The lowest BCUT2D eigenvalue weighted by molar-refractivity contribution is -0.133. The van der Waals surface area contributed by atoms with E-state index in [0.717, 1.165) is 10.8 Å². The number of thiazole rings is 1. The van der Waals surface area contributed by atoms with Crippen LogP contribution >= 0.6 is 23.1 Å². The van der Waals surface area contributed by atoms with Crippen molar-refractivity contribution >= 4 is 29.1 Å². The molecule has 0 spiro atoms. The molecule has 1 atom stereocenters. The van der Waals surface area contributed by atoms with E-state index in [0.29, 0.717) is 5.92 Å². The van der Waals surface area contributed by atoms with E-state index in [1.807, 2.05) is 0 Å². The van der Waals surface area contributed by atoms with Gasteiger partial charge in [-0.3, -0.25) is 4.79 Å². The maximum absolute atomic E-state index is 10.4. The van der Waals surface area contributed by atoms with Crippen LogP contribution in [-0.4, -0.2) is 21.8 Å². The average Bonchev–Trinajstić information content (AvgIpc) is 2.59. The number of rotatable bonds is 3. The van der Waals surface area contributed by atoms with Crippen LogP contribution in [0.1, 0.15) is 36.3 Å². The molecule has 0 radical (unpaired) electrons. The van der Waals surface area contributed by atoms with E-state index in [-0.39, 0.29) is 5.75 Å². The fraction of sp³-hybridized carbons (Fsp3) is 0.600. The van der Waals surface area contributed by atoms with Gasteiger partial charge in [0, 0.05) is 4.88 Å². The van der Waals surface area contributed by atoms with Gasteiger partial charge in [-0.1, -0.05) is 18.7 Å². The van der Waals surface area contributed by atoms with E-state index in [9.17, 15) is 4.79 Å². The molecule has 0 aliphatic heterocycles. The van der Waals surface area contributed by atoms with Crippen molar-refractivity contribution in [2.45, 2.75) is 36.4 Å². The summed E-state index contributed by atoms with van der Waals surface area (Å²) in [5, 5.41) is 8.59. The van der Waals surface area contributed by atoms with Crippen LogP contribution in [0.15, 0.2) is 4.34 Å². The second kappa shape index (κ2) is 4.53. The van der Waals surface area contributed by atoms with Crippen LogP contribution in [0, 0.1) is 0 Å². The Morgan fingerprint density at radius 2 is 2.53 bits per heavy atom. The molecule has 1 heterocycles. The SMILES string of the molecule is CC1CCCc2sc(SCC(=O)O)nc21. The number of carboxylic acid groups (broad SMARTS) is 1. The van der Waals surface area contributed by atoms with Crippen LogP contribution in [0.2, 0.25) is 0 Å². The lowest BCUT2D eigenvalue weighted by Gasteiger charge is -2.15. The van der Waals surface area contributed by atoms with E-state index in [2.05, 4.69) is 11.9 Å². The minimum atomic E-state index is -0.777. The lowest BCUT2D eigenvalue weighted by Crippen LogP contribution is -2.04. The first-order valence-corrected chi connectivity index (χ1v) is 6.81. The minimum absolute atomic E-state index is 0.112. The monoisotopic (exact) mass is 243 g/mol. The fourth-order valence-electron chi connectivity index (χ4n) is 1.80. The number of aliphatic carboxylic acids is 1. The predicted octanol–water partition coefficient (Wildman–Crippen LogP) is 2.76. The van der Waals surface area contributed by atoms with Crippen molar-refractivity contribution in [3.05, 3.63) is 10.6 Å². The van der Waals surface area contributed by atoms with Gasteiger partial charge in [0.05, 0.1) is 11.4 Å². The summed E-state index contributed by atoms with van der Waals surface area (Å²) in [7, 11) is 0. The number of aromatic nitrogens is 1. The molecule has 0 bridgehead atoms. The van der Waals surface area contributed by atoms with Crippen LogP contribution < -0.4 is 0 Å². The Morgan fingerprint density at radius 1 is 1.73 bits per heavy atom.